The van der Waals surface area contributed by atoms with E-state index in [9.17, 15) is 14.3 Å². The van der Waals surface area contributed by atoms with E-state index in [0.717, 1.165) is 12.8 Å². The highest BCUT2D eigenvalue weighted by Crippen LogP contribution is 2.16. The molecule has 0 aliphatic rings. The van der Waals surface area contributed by atoms with Crippen molar-refractivity contribution in [2.24, 2.45) is 7.05 Å². The molecule has 0 saturated heterocycles. The molecule has 0 bridgehead atoms. The van der Waals surface area contributed by atoms with E-state index in [-0.39, 0.29) is 42.9 Å². The van der Waals surface area contributed by atoms with E-state index in [0.29, 0.717) is 28.1 Å². The van der Waals surface area contributed by atoms with Crippen molar-refractivity contribution in [2.45, 2.75) is 32.2 Å². The number of nitrogens with one attached hydrogen (secondary N) is 1. The minimum Gasteiger partial charge on any atom is -0.394 e. The Morgan fingerprint density at radius 2 is 2.04 bits per heavy atom. The Kier molecular flexibility index (Phi) is 7.48. The van der Waals surface area contributed by atoms with Crippen LogP contribution < -0.4 is 10.9 Å². The number of halogens is 2. The van der Waals surface area contributed by atoms with Crippen LogP contribution in [0.1, 0.15) is 30.9 Å². The first-order chi connectivity index (χ1) is 13.0. The van der Waals surface area contributed by atoms with Gasteiger partial charge in [0.25, 0.3) is 5.56 Å². The first kappa shape index (κ1) is 21.8. The predicted molar refractivity (Wildman–Crippen MR) is 111 cm³/mol. The summed E-state index contributed by atoms with van der Waals surface area (Å²) in [5.74, 6) is 0.0354. The monoisotopic (exact) mass is 406 g/mol. The Hall–Kier alpha value is -2.51. The molecule has 1 aromatic carbocycles. The third-order valence-electron chi connectivity index (χ3n) is 4.55. The molecule has 0 fully saturated rings. The third-order valence-corrected chi connectivity index (χ3v) is 4.55. The van der Waals surface area contributed by atoms with Crippen molar-refractivity contribution >= 4 is 29.4 Å². The van der Waals surface area contributed by atoms with E-state index in [4.69, 9.17) is 0 Å². The average Bonchev–Trinajstić information content (AvgIpc) is 2.67. The number of hydrogen-bond donors (Lipinski definition) is 2. The van der Waals surface area contributed by atoms with Crippen LogP contribution in [0.15, 0.2) is 41.3 Å². The first-order valence-electron chi connectivity index (χ1n) is 9.00. The molecule has 1 unspecified atom stereocenters. The van der Waals surface area contributed by atoms with E-state index in [2.05, 4.69) is 15.3 Å². The van der Waals surface area contributed by atoms with Gasteiger partial charge in [-0.3, -0.25) is 9.36 Å². The molecule has 0 amide bonds. The molecule has 0 aliphatic carbocycles. The number of fused-ring (bicyclic) bond motifs is 1. The number of hydrogen-bond acceptors (Lipinski definition) is 5. The SMILES string of the molecule is CCCC(CO)Nc1ncc2cc(Cc3ccccc3F)c(=O)n(C)c2n1.Cl. The van der Waals surface area contributed by atoms with Crippen LogP contribution in [0, 0.1) is 5.82 Å². The van der Waals surface area contributed by atoms with E-state index < -0.39 is 0 Å². The van der Waals surface area contributed by atoms with E-state index in [1.54, 1.807) is 37.5 Å². The number of aliphatic hydroxyl groups excluding tert-OH is 1. The first-order valence-corrected chi connectivity index (χ1v) is 9.00. The average molecular weight is 407 g/mol. The van der Waals surface area contributed by atoms with Gasteiger partial charge in [0.15, 0.2) is 0 Å². The van der Waals surface area contributed by atoms with Gasteiger partial charge in [-0.2, -0.15) is 4.98 Å². The normalized spacial score (nSPS) is 11.9. The second-order valence-corrected chi connectivity index (χ2v) is 6.59. The van der Waals surface area contributed by atoms with Crippen LogP contribution in [0.4, 0.5) is 10.3 Å². The Balaban J connectivity index is 0.00000280. The zero-order valence-electron chi connectivity index (χ0n) is 15.9. The topological polar surface area (TPSA) is 80.0 Å². The number of aromatic nitrogens is 3. The fourth-order valence-electron chi connectivity index (χ4n) is 3.10. The van der Waals surface area contributed by atoms with Gasteiger partial charge in [0.05, 0.1) is 12.6 Å². The van der Waals surface area contributed by atoms with E-state index >= 15 is 0 Å². The molecule has 0 saturated carbocycles. The summed E-state index contributed by atoms with van der Waals surface area (Å²) in [6.45, 7) is 2.02. The molecular weight excluding hydrogens is 383 g/mol. The maximum absolute atomic E-state index is 13.9. The molecule has 0 spiro atoms. The number of benzene rings is 1. The highest BCUT2D eigenvalue weighted by molar-refractivity contribution is 5.85. The van der Waals surface area contributed by atoms with Gasteiger partial charge in [-0.25, -0.2) is 9.37 Å². The van der Waals surface area contributed by atoms with Crippen molar-refractivity contribution < 1.29 is 9.50 Å². The maximum atomic E-state index is 13.9. The van der Waals surface area contributed by atoms with Crippen LogP contribution in [0.3, 0.4) is 0 Å². The van der Waals surface area contributed by atoms with Crippen LogP contribution in [0.2, 0.25) is 0 Å². The van der Waals surface area contributed by atoms with Crippen molar-refractivity contribution in [1.82, 2.24) is 14.5 Å². The maximum Gasteiger partial charge on any atom is 0.255 e. The summed E-state index contributed by atoms with van der Waals surface area (Å²) in [6, 6.07) is 8.01. The lowest BCUT2D eigenvalue weighted by atomic mass is 10.0. The van der Waals surface area contributed by atoms with Crippen LogP contribution in [-0.4, -0.2) is 32.3 Å². The van der Waals surface area contributed by atoms with Crippen molar-refractivity contribution in [2.75, 3.05) is 11.9 Å². The molecule has 3 aromatic rings. The Labute approximate surface area is 168 Å². The Morgan fingerprint density at radius 1 is 1.29 bits per heavy atom. The lowest BCUT2D eigenvalue weighted by Crippen LogP contribution is -2.26. The molecule has 0 radical (unpaired) electrons. The number of anilines is 1. The smallest absolute Gasteiger partial charge is 0.255 e. The molecule has 8 heteroatoms. The lowest BCUT2D eigenvalue weighted by molar-refractivity contribution is 0.268. The van der Waals surface area contributed by atoms with E-state index in [1.807, 2.05) is 6.92 Å². The number of aliphatic hydroxyl groups is 1. The number of pyridine rings is 1. The second kappa shape index (κ2) is 9.61. The summed E-state index contributed by atoms with van der Waals surface area (Å²) in [7, 11) is 1.64. The summed E-state index contributed by atoms with van der Waals surface area (Å²) in [4.78, 5) is 21.4. The minimum absolute atomic E-state index is 0. The highest BCUT2D eigenvalue weighted by atomic mass is 35.5. The van der Waals surface area contributed by atoms with Gasteiger partial charge < -0.3 is 10.4 Å². The van der Waals surface area contributed by atoms with Crippen molar-refractivity contribution in [3.63, 3.8) is 0 Å². The molecule has 3 rings (SSSR count). The molecule has 2 aromatic heterocycles. The largest absolute Gasteiger partial charge is 0.394 e. The van der Waals surface area contributed by atoms with Crippen molar-refractivity contribution in [1.29, 1.82) is 0 Å². The lowest BCUT2D eigenvalue weighted by Gasteiger charge is -2.16. The zero-order chi connectivity index (χ0) is 19.4. The Morgan fingerprint density at radius 3 is 2.71 bits per heavy atom. The van der Waals surface area contributed by atoms with E-state index in [1.165, 1.54) is 10.6 Å². The molecule has 1 atom stereocenters. The number of aryl methyl sites for hydroxylation is 1. The third kappa shape index (κ3) is 4.66. The van der Waals surface area contributed by atoms with Gasteiger partial charge >= 0.3 is 0 Å². The van der Waals surface area contributed by atoms with Gasteiger partial charge in [-0.05, 0) is 24.1 Å². The van der Waals surface area contributed by atoms with Gasteiger partial charge in [-0.15, -0.1) is 12.4 Å². The molecule has 2 heterocycles. The van der Waals surface area contributed by atoms with Gasteiger partial charge in [0.2, 0.25) is 5.95 Å². The molecule has 28 heavy (non-hydrogen) atoms. The van der Waals surface area contributed by atoms with Crippen molar-refractivity contribution in [3.8, 4) is 0 Å². The van der Waals surface area contributed by atoms with Gasteiger partial charge in [-0.1, -0.05) is 31.5 Å². The van der Waals surface area contributed by atoms with Gasteiger partial charge in [0, 0.05) is 30.6 Å². The van der Waals surface area contributed by atoms with Gasteiger partial charge in [0.1, 0.15) is 11.5 Å². The van der Waals surface area contributed by atoms with Crippen LogP contribution in [0.25, 0.3) is 11.0 Å². The molecule has 0 aliphatic heterocycles. The highest BCUT2D eigenvalue weighted by Gasteiger charge is 2.13. The number of nitrogens with zero attached hydrogens (tertiary/aromatic N) is 3. The standard InChI is InChI=1S/C20H23FN4O2.ClH/c1-3-6-16(12-26)23-20-22-11-15-10-14(19(27)25(2)18(15)24-20)9-13-7-4-5-8-17(13)21;/h4-5,7-8,10-11,16,26H,3,6,9,12H2,1-2H3,(H,22,23,24);1H. The van der Waals surface area contributed by atoms with Crippen LogP contribution in [0.5, 0.6) is 0 Å². The van der Waals surface area contributed by atoms with Crippen LogP contribution >= 0.6 is 12.4 Å². The summed E-state index contributed by atoms with van der Waals surface area (Å²) >= 11 is 0. The summed E-state index contributed by atoms with van der Waals surface area (Å²) in [6.07, 6.45) is 3.55. The predicted octanol–water partition coefficient (Wildman–Crippen LogP) is 3.05. The number of rotatable bonds is 7. The molecule has 150 valence electrons. The molecule has 2 N–H and O–H groups in total. The second-order valence-electron chi connectivity index (χ2n) is 6.59. The minimum atomic E-state index is -0.332. The summed E-state index contributed by atoms with van der Waals surface area (Å²) < 4.78 is 15.4. The quantitative estimate of drug-likeness (QED) is 0.630. The van der Waals surface area contributed by atoms with Crippen LogP contribution in [-0.2, 0) is 13.5 Å². The summed E-state index contributed by atoms with van der Waals surface area (Å²) in [5, 5.41) is 13.2. The zero-order valence-corrected chi connectivity index (χ0v) is 16.7. The molecule has 6 nitrogen and oxygen atoms in total. The fraction of sp³-hybridized carbons (Fsp3) is 0.350. The van der Waals surface area contributed by atoms with Crippen molar-refractivity contribution in [3.05, 3.63) is 63.8 Å². The summed E-state index contributed by atoms with van der Waals surface area (Å²) in [5.41, 5.74) is 1.22. The fourth-order valence-corrected chi connectivity index (χ4v) is 3.10. The molecular formula is C20H24ClFN4O2. The Bertz CT molecular complexity index is 1010.